The van der Waals surface area contributed by atoms with E-state index in [-0.39, 0.29) is 16.6 Å². The predicted molar refractivity (Wildman–Crippen MR) is 99.9 cm³/mol. The highest BCUT2D eigenvalue weighted by Gasteiger charge is 2.33. The van der Waals surface area contributed by atoms with Crippen LogP contribution in [0.4, 0.5) is 0 Å². The van der Waals surface area contributed by atoms with Crippen LogP contribution < -0.4 is 0 Å². The van der Waals surface area contributed by atoms with Gasteiger partial charge in [-0.1, -0.05) is 41.5 Å². The van der Waals surface area contributed by atoms with E-state index >= 15 is 0 Å². The number of Topliss-reactive ketones (excluding diaryl/α,β-unsaturated/α-hetero) is 1. The summed E-state index contributed by atoms with van der Waals surface area (Å²) in [5, 5.41) is 0. The van der Waals surface area contributed by atoms with Crippen molar-refractivity contribution < 1.29 is 9.59 Å². The minimum absolute atomic E-state index is 0.176. The lowest BCUT2D eigenvalue weighted by Crippen LogP contribution is -2.47. The maximum absolute atomic E-state index is 11.2. The Bertz CT molecular complexity index is 483. The van der Waals surface area contributed by atoms with E-state index in [0.29, 0.717) is 24.3 Å². The fraction of sp³-hybridized carbons (Fsp3) is 0.800. The van der Waals surface area contributed by atoms with Gasteiger partial charge in [0.25, 0.3) is 0 Å². The topological polar surface area (TPSA) is 40.6 Å². The Labute approximate surface area is 148 Å². The van der Waals surface area contributed by atoms with Crippen molar-refractivity contribution >= 4 is 11.6 Å². The van der Waals surface area contributed by atoms with Gasteiger partial charge in [0.05, 0.1) is 0 Å². The van der Waals surface area contributed by atoms with Gasteiger partial charge in [0.15, 0.2) is 5.78 Å². The number of allylic oxidation sites excluding steroid dienone is 1. The molecule has 1 saturated heterocycles. The third-order valence-corrected chi connectivity index (χ3v) is 5.08. The lowest BCUT2D eigenvalue weighted by Gasteiger charge is -2.40. The van der Waals surface area contributed by atoms with Crippen molar-refractivity contribution in [3.63, 3.8) is 0 Å². The minimum Gasteiger partial charge on any atom is -0.376 e. The molecule has 2 aliphatic heterocycles. The molecule has 2 heterocycles. The number of piperidine rings is 1. The molecule has 1 fully saturated rings. The molecule has 0 amide bonds. The Hall–Kier alpha value is -1.16. The lowest BCUT2D eigenvalue weighted by atomic mass is 9.80. The van der Waals surface area contributed by atoms with E-state index in [9.17, 15) is 9.59 Å². The molecule has 0 aromatic heterocycles. The van der Waals surface area contributed by atoms with Crippen LogP contribution in [0.15, 0.2) is 12.3 Å². The summed E-state index contributed by atoms with van der Waals surface area (Å²) in [6, 6.07) is 0.772. The molecule has 0 aromatic carbocycles. The average molecular weight is 337 g/mol. The van der Waals surface area contributed by atoms with Crippen LogP contribution in [0.25, 0.3) is 0 Å². The van der Waals surface area contributed by atoms with Gasteiger partial charge in [-0.25, -0.2) is 0 Å². The van der Waals surface area contributed by atoms with Gasteiger partial charge in [0.2, 0.25) is 0 Å². The largest absolute Gasteiger partial charge is 0.376 e. The fourth-order valence-electron chi connectivity index (χ4n) is 3.52. The number of nitrogens with zero attached hydrogens (tertiary/aromatic N) is 2. The van der Waals surface area contributed by atoms with Gasteiger partial charge in [-0.3, -0.25) is 9.59 Å². The van der Waals surface area contributed by atoms with Crippen LogP contribution in [0.5, 0.6) is 0 Å². The maximum Gasteiger partial charge on any atom is 0.159 e. The lowest BCUT2D eigenvalue weighted by molar-refractivity contribution is -0.124. The first kappa shape index (κ1) is 20.9. The van der Waals surface area contributed by atoms with Gasteiger partial charge in [0, 0.05) is 51.1 Å². The Morgan fingerprint density at radius 1 is 0.917 bits per heavy atom. The molecule has 4 nitrogen and oxygen atoms in total. The van der Waals surface area contributed by atoms with E-state index in [0.717, 1.165) is 19.4 Å². The Kier molecular flexibility index (Phi) is 6.80. The first-order valence-electron chi connectivity index (χ1n) is 8.97. The molecule has 4 heteroatoms. The smallest absolute Gasteiger partial charge is 0.159 e. The SMILES string of the molecule is CN1C=CC(=O)CC1C(C)(C)C.CN1CCC(=O)CC1C(C)(C)C. The van der Waals surface area contributed by atoms with Crippen molar-refractivity contribution in [3.05, 3.63) is 12.3 Å². The number of hydrogen-bond acceptors (Lipinski definition) is 4. The Morgan fingerprint density at radius 2 is 1.46 bits per heavy atom. The normalized spacial score (nSPS) is 26.2. The number of likely N-dealkylation sites (tertiary alicyclic amines) is 1. The monoisotopic (exact) mass is 336 g/mol. The summed E-state index contributed by atoms with van der Waals surface area (Å²) in [5.41, 5.74) is 0.403. The molecule has 0 saturated carbocycles. The number of carbonyl (C=O) groups is 2. The van der Waals surface area contributed by atoms with Crippen LogP contribution in [0.1, 0.15) is 60.8 Å². The van der Waals surface area contributed by atoms with Gasteiger partial charge >= 0.3 is 0 Å². The van der Waals surface area contributed by atoms with E-state index in [2.05, 4.69) is 58.4 Å². The van der Waals surface area contributed by atoms with Crippen molar-refractivity contribution in [2.24, 2.45) is 10.8 Å². The van der Waals surface area contributed by atoms with Gasteiger partial charge in [-0.2, -0.15) is 0 Å². The van der Waals surface area contributed by atoms with E-state index in [4.69, 9.17) is 0 Å². The zero-order valence-electron chi connectivity index (χ0n) is 16.8. The molecule has 2 unspecified atom stereocenters. The molecule has 2 aliphatic rings. The van der Waals surface area contributed by atoms with Gasteiger partial charge in [-0.15, -0.1) is 0 Å². The van der Waals surface area contributed by atoms with Crippen molar-refractivity contribution in [1.82, 2.24) is 9.80 Å². The van der Waals surface area contributed by atoms with E-state index in [1.165, 1.54) is 0 Å². The summed E-state index contributed by atoms with van der Waals surface area (Å²) in [6.45, 7) is 14.0. The standard InChI is InChI=1S/C10H19NO.C10H17NO/c2*1-10(2,3)9-7-8(12)5-6-11(9)4/h9H,5-7H2,1-4H3;5-6,9H,7H2,1-4H3. The van der Waals surface area contributed by atoms with E-state index in [1.807, 2.05) is 13.2 Å². The molecular weight excluding hydrogens is 300 g/mol. The van der Waals surface area contributed by atoms with Crippen molar-refractivity contribution in [2.45, 2.75) is 72.9 Å². The summed E-state index contributed by atoms with van der Waals surface area (Å²) in [4.78, 5) is 26.8. The van der Waals surface area contributed by atoms with E-state index in [1.54, 1.807) is 6.08 Å². The Morgan fingerprint density at radius 3 is 1.88 bits per heavy atom. The zero-order chi connectivity index (χ0) is 18.7. The maximum atomic E-state index is 11.2. The van der Waals surface area contributed by atoms with Crippen LogP contribution in [0.3, 0.4) is 0 Å². The summed E-state index contributed by atoms with van der Waals surface area (Å²) < 4.78 is 0. The predicted octanol–water partition coefficient (Wildman–Crippen LogP) is 3.52. The number of hydrogen-bond donors (Lipinski definition) is 0. The molecule has 2 atom stereocenters. The summed E-state index contributed by atoms with van der Waals surface area (Å²) in [6.07, 6.45) is 5.66. The molecule has 138 valence electrons. The first-order valence-corrected chi connectivity index (χ1v) is 8.97. The third kappa shape index (κ3) is 6.04. The van der Waals surface area contributed by atoms with Crippen LogP contribution in [0.2, 0.25) is 0 Å². The summed E-state index contributed by atoms with van der Waals surface area (Å²) in [7, 11) is 4.14. The molecule has 0 aliphatic carbocycles. The second-order valence-corrected chi connectivity index (χ2v) is 9.39. The summed E-state index contributed by atoms with van der Waals surface area (Å²) in [5.74, 6) is 0.668. The molecule has 0 radical (unpaired) electrons. The quantitative estimate of drug-likeness (QED) is 0.679. The molecule has 0 spiro atoms. The van der Waals surface area contributed by atoms with Crippen molar-refractivity contribution in [3.8, 4) is 0 Å². The van der Waals surface area contributed by atoms with Crippen LogP contribution in [-0.4, -0.2) is 54.1 Å². The second-order valence-electron chi connectivity index (χ2n) is 9.39. The van der Waals surface area contributed by atoms with Crippen molar-refractivity contribution in [2.75, 3.05) is 20.6 Å². The highest BCUT2D eigenvalue weighted by atomic mass is 16.1. The number of rotatable bonds is 0. The number of carbonyl (C=O) groups excluding carboxylic acids is 2. The van der Waals surface area contributed by atoms with Crippen LogP contribution >= 0.6 is 0 Å². The van der Waals surface area contributed by atoms with Gasteiger partial charge < -0.3 is 9.80 Å². The zero-order valence-corrected chi connectivity index (χ0v) is 16.8. The van der Waals surface area contributed by atoms with Crippen LogP contribution in [-0.2, 0) is 9.59 Å². The second kappa shape index (κ2) is 7.81. The molecule has 0 bridgehead atoms. The van der Waals surface area contributed by atoms with Gasteiger partial charge in [0.1, 0.15) is 5.78 Å². The summed E-state index contributed by atoms with van der Waals surface area (Å²) >= 11 is 0. The van der Waals surface area contributed by atoms with E-state index < -0.39 is 0 Å². The van der Waals surface area contributed by atoms with Crippen LogP contribution in [0, 0.1) is 10.8 Å². The molecule has 0 N–H and O–H groups in total. The first-order chi connectivity index (χ1) is 10.8. The minimum atomic E-state index is 0.176. The fourth-order valence-corrected chi connectivity index (χ4v) is 3.52. The third-order valence-electron chi connectivity index (χ3n) is 5.08. The average Bonchev–Trinajstić information content (AvgIpc) is 2.42. The highest BCUT2D eigenvalue weighted by Crippen LogP contribution is 2.29. The highest BCUT2D eigenvalue weighted by molar-refractivity contribution is 5.90. The molecule has 2 rings (SSSR count). The Balaban J connectivity index is 0.000000240. The molecule has 0 aromatic rings. The molecule has 24 heavy (non-hydrogen) atoms. The van der Waals surface area contributed by atoms with Gasteiger partial charge in [-0.05, 0) is 24.0 Å². The molecular formula is C20H36N2O2. The number of ketones is 2. The van der Waals surface area contributed by atoms with Crippen molar-refractivity contribution in [1.29, 1.82) is 0 Å².